The Hall–Kier alpha value is -1.07. The topological polar surface area (TPSA) is 57.6 Å². The van der Waals surface area contributed by atoms with Gasteiger partial charge in [0.2, 0.25) is 5.91 Å². The van der Waals surface area contributed by atoms with Crippen molar-refractivity contribution < 1.29 is 14.7 Å². The molecule has 2 rings (SSSR count). The number of carbonyl (C=O) groups excluding carboxylic acids is 1. The highest BCUT2D eigenvalue weighted by molar-refractivity contribution is 7.16. The molecule has 0 saturated carbocycles. The summed E-state index contributed by atoms with van der Waals surface area (Å²) in [6, 6.07) is 3.67. The number of hydrogen-bond donors (Lipinski definition) is 1. The fraction of sp³-hybridized carbons (Fsp3) is 0.571. The van der Waals surface area contributed by atoms with Crippen molar-refractivity contribution in [3.05, 3.63) is 21.3 Å². The van der Waals surface area contributed by atoms with E-state index in [9.17, 15) is 9.59 Å². The van der Waals surface area contributed by atoms with Gasteiger partial charge in [-0.15, -0.1) is 11.3 Å². The molecule has 3 unspecified atom stereocenters. The lowest BCUT2D eigenvalue weighted by Gasteiger charge is -2.36. The van der Waals surface area contributed by atoms with Gasteiger partial charge in [0.1, 0.15) is 0 Å². The Morgan fingerprint density at radius 2 is 2.20 bits per heavy atom. The summed E-state index contributed by atoms with van der Waals surface area (Å²) in [5.74, 6) is -1.28. The number of carbonyl (C=O) groups is 2. The van der Waals surface area contributed by atoms with E-state index in [0.717, 1.165) is 4.88 Å². The maximum Gasteiger partial charge on any atom is 0.306 e. The Kier molecular flexibility index (Phi) is 4.70. The third-order valence-corrected chi connectivity index (χ3v) is 5.34. The number of nitrogens with zero attached hydrogens (tertiary/aromatic N) is 1. The van der Waals surface area contributed by atoms with Crippen molar-refractivity contribution in [3.8, 4) is 0 Å². The molecule has 0 radical (unpaired) electrons. The molecule has 1 saturated heterocycles. The summed E-state index contributed by atoms with van der Waals surface area (Å²) in [5.41, 5.74) is 0. The highest BCUT2D eigenvalue weighted by Gasteiger charge is 2.34. The third-order valence-electron chi connectivity index (χ3n) is 3.93. The van der Waals surface area contributed by atoms with Crippen molar-refractivity contribution in [3.63, 3.8) is 0 Å². The first kappa shape index (κ1) is 15.3. The molecule has 1 N–H and O–H groups in total. The molecular formula is C14H18ClNO3S. The molecule has 1 aliphatic rings. The van der Waals surface area contributed by atoms with Gasteiger partial charge in [0.25, 0.3) is 0 Å². The van der Waals surface area contributed by atoms with Gasteiger partial charge in [-0.3, -0.25) is 9.59 Å². The van der Waals surface area contributed by atoms with Crippen molar-refractivity contribution in [2.45, 2.75) is 26.2 Å². The first-order valence-corrected chi connectivity index (χ1v) is 7.86. The number of amides is 1. The SMILES string of the molecule is CC(C(=O)N1CCC(C(=O)O)C(C)C1)c1ccc(Cl)s1. The predicted octanol–water partition coefficient (Wildman–Crippen LogP) is 3.07. The largest absolute Gasteiger partial charge is 0.481 e. The van der Waals surface area contributed by atoms with Crippen LogP contribution in [0.2, 0.25) is 4.34 Å². The molecular weight excluding hydrogens is 298 g/mol. The molecule has 4 nitrogen and oxygen atoms in total. The minimum atomic E-state index is -0.761. The van der Waals surface area contributed by atoms with Gasteiger partial charge in [-0.2, -0.15) is 0 Å². The van der Waals surface area contributed by atoms with Crippen LogP contribution in [0.5, 0.6) is 0 Å². The van der Waals surface area contributed by atoms with E-state index in [-0.39, 0.29) is 23.7 Å². The zero-order valence-electron chi connectivity index (χ0n) is 11.5. The van der Waals surface area contributed by atoms with Crippen LogP contribution in [-0.2, 0) is 9.59 Å². The van der Waals surface area contributed by atoms with E-state index in [4.69, 9.17) is 16.7 Å². The zero-order valence-corrected chi connectivity index (χ0v) is 13.1. The molecule has 1 fully saturated rings. The lowest BCUT2D eigenvalue weighted by Crippen LogP contribution is -2.46. The molecule has 110 valence electrons. The smallest absolute Gasteiger partial charge is 0.306 e. The van der Waals surface area contributed by atoms with E-state index < -0.39 is 5.97 Å². The first-order valence-electron chi connectivity index (χ1n) is 6.67. The van der Waals surface area contributed by atoms with Gasteiger partial charge in [-0.25, -0.2) is 0 Å². The second-order valence-corrected chi connectivity index (χ2v) is 7.11. The van der Waals surface area contributed by atoms with Gasteiger partial charge in [-0.05, 0) is 31.4 Å². The van der Waals surface area contributed by atoms with E-state index in [0.29, 0.717) is 23.8 Å². The Morgan fingerprint density at radius 1 is 1.50 bits per heavy atom. The maximum atomic E-state index is 12.5. The molecule has 3 atom stereocenters. The van der Waals surface area contributed by atoms with Crippen LogP contribution < -0.4 is 0 Å². The molecule has 1 aromatic heterocycles. The highest BCUT2D eigenvalue weighted by Crippen LogP contribution is 2.31. The number of piperidine rings is 1. The second-order valence-electron chi connectivity index (χ2n) is 5.36. The number of hydrogen-bond acceptors (Lipinski definition) is 3. The Bertz CT molecular complexity index is 516. The van der Waals surface area contributed by atoms with Crippen molar-refractivity contribution >= 4 is 34.8 Å². The monoisotopic (exact) mass is 315 g/mol. The molecule has 6 heteroatoms. The van der Waals surface area contributed by atoms with Gasteiger partial charge in [0, 0.05) is 18.0 Å². The van der Waals surface area contributed by atoms with Crippen LogP contribution in [0.3, 0.4) is 0 Å². The van der Waals surface area contributed by atoms with E-state index in [1.165, 1.54) is 11.3 Å². The fourth-order valence-corrected chi connectivity index (χ4v) is 3.77. The number of likely N-dealkylation sites (tertiary alicyclic amines) is 1. The summed E-state index contributed by atoms with van der Waals surface area (Å²) in [6.45, 7) is 4.80. The lowest BCUT2D eigenvalue weighted by atomic mass is 9.86. The Morgan fingerprint density at radius 3 is 2.70 bits per heavy atom. The van der Waals surface area contributed by atoms with E-state index in [1.807, 2.05) is 19.9 Å². The van der Waals surface area contributed by atoms with Gasteiger partial charge in [-0.1, -0.05) is 18.5 Å². The van der Waals surface area contributed by atoms with Crippen LogP contribution in [0.1, 0.15) is 31.1 Å². The molecule has 0 aliphatic carbocycles. The normalized spacial score (nSPS) is 24.4. The standard InChI is InChI=1S/C14H18ClNO3S/c1-8-7-16(6-5-10(8)14(18)19)13(17)9(2)11-3-4-12(15)20-11/h3-4,8-10H,5-7H2,1-2H3,(H,18,19). The number of carboxylic acids is 1. The summed E-state index contributed by atoms with van der Waals surface area (Å²) < 4.78 is 0.678. The van der Waals surface area contributed by atoms with Crippen LogP contribution in [0, 0.1) is 11.8 Å². The summed E-state index contributed by atoms with van der Waals surface area (Å²) in [7, 11) is 0. The fourth-order valence-electron chi connectivity index (χ4n) is 2.67. The van der Waals surface area contributed by atoms with E-state index >= 15 is 0 Å². The van der Waals surface area contributed by atoms with Gasteiger partial charge < -0.3 is 10.0 Å². The average Bonchev–Trinajstić information content (AvgIpc) is 2.83. The molecule has 0 bridgehead atoms. The van der Waals surface area contributed by atoms with Gasteiger partial charge in [0.15, 0.2) is 0 Å². The molecule has 1 aromatic rings. The summed E-state index contributed by atoms with van der Waals surface area (Å²) in [4.78, 5) is 26.3. The molecule has 2 heterocycles. The second kappa shape index (κ2) is 6.14. The van der Waals surface area contributed by atoms with Crippen molar-refractivity contribution in [1.29, 1.82) is 0 Å². The minimum Gasteiger partial charge on any atom is -0.481 e. The van der Waals surface area contributed by atoms with Crippen molar-refractivity contribution in [2.75, 3.05) is 13.1 Å². The Balaban J connectivity index is 2.02. The average molecular weight is 316 g/mol. The minimum absolute atomic E-state index is 0.00989. The summed E-state index contributed by atoms with van der Waals surface area (Å²) >= 11 is 7.32. The van der Waals surface area contributed by atoms with E-state index in [2.05, 4.69) is 0 Å². The molecule has 20 heavy (non-hydrogen) atoms. The molecule has 0 aromatic carbocycles. The van der Waals surface area contributed by atoms with Crippen LogP contribution >= 0.6 is 22.9 Å². The summed E-state index contributed by atoms with van der Waals surface area (Å²) in [5, 5.41) is 9.11. The molecule has 0 spiro atoms. The van der Waals surface area contributed by atoms with Crippen LogP contribution in [0.25, 0.3) is 0 Å². The van der Waals surface area contributed by atoms with Crippen LogP contribution in [0.4, 0.5) is 0 Å². The molecule has 1 amide bonds. The number of aliphatic carboxylic acids is 1. The van der Waals surface area contributed by atoms with Gasteiger partial charge in [0.05, 0.1) is 16.2 Å². The quantitative estimate of drug-likeness (QED) is 0.932. The Labute approximate surface area is 127 Å². The van der Waals surface area contributed by atoms with Gasteiger partial charge >= 0.3 is 5.97 Å². The number of carboxylic acid groups (broad SMARTS) is 1. The van der Waals surface area contributed by atoms with Crippen molar-refractivity contribution in [1.82, 2.24) is 4.90 Å². The lowest BCUT2D eigenvalue weighted by molar-refractivity contribution is -0.148. The number of thiophene rings is 1. The highest BCUT2D eigenvalue weighted by atomic mass is 35.5. The first-order chi connectivity index (χ1) is 9.40. The molecule has 1 aliphatic heterocycles. The third kappa shape index (κ3) is 3.15. The van der Waals surface area contributed by atoms with Crippen molar-refractivity contribution in [2.24, 2.45) is 11.8 Å². The maximum absolute atomic E-state index is 12.5. The van der Waals surface area contributed by atoms with Crippen LogP contribution in [0.15, 0.2) is 12.1 Å². The van der Waals surface area contributed by atoms with Crippen LogP contribution in [-0.4, -0.2) is 35.0 Å². The zero-order chi connectivity index (χ0) is 14.9. The predicted molar refractivity (Wildman–Crippen MR) is 79.2 cm³/mol. The summed E-state index contributed by atoms with van der Waals surface area (Å²) in [6.07, 6.45) is 0.528. The van der Waals surface area contributed by atoms with E-state index in [1.54, 1.807) is 11.0 Å². The number of halogens is 1. The number of rotatable bonds is 3.